The second kappa shape index (κ2) is 5.15. The van der Waals surface area contributed by atoms with Gasteiger partial charge in [0, 0.05) is 18.0 Å². The minimum Gasteiger partial charge on any atom is -0.467 e. The van der Waals surface area contributed by atoms with Crippen LogP contribution >= 0.6 is 0 Å². The van der Waals surface area contributed by atoms with Crippen LogP contribution in [0.25, 0.3) is 0 Å². The number of fused-ring (bicyclic) bond motifs is 1. The quantitative estimate of drug-likeness (QED) is 0.691. The minimum absolute atomic E-state index is 0.0382. The van der Waals surface area contributed by atoms with Crippen LogP contribution in [0.15, 0.2) is 76.5 Å². The molecular formula is C18H14N2O2. The molecule has 0 bridgehead atoms. The van der Waals surface area contributed by atoms with Crippen molar-refractivity contribution in [3.8, 4) is 0 Å². The second-order valence-corrected chi connectivity index (χ2v) is 5.25. The van der Waals surface area contributed by atoms with E-state index in [1.807, 2.05) is 65.4 Å². The number of ketones is 1. The Morgan fingerprint density at radius 1 is 1.05 bits per heavy atom. The van der Waals surface area contributed by atoms with Crippen LogP contribution in [0, 0.1) is 0 Å². The van der Waals surface area contributed by atoms with E-state index in [4.69, 9.17) is 4.42 Å². The topological polar surface area (TPSA) is 47.5 Å². The lowest BCUT2D eigenvalue weighted by molar-refractivity contribution is 0.0899. The molecule has 1 aromatic carbocycles. The number of aromatic nitrogens is 1. The maximum atomic E-state index is 13.0. The van der Waals surface area contributed by atoms with E-state index in [1.54, 1.807) is 12.5 Å². The first-order chi connectivity index (χ1) is 10.8. The number of hydrogen-bond acceptors (Lipinski definition) is 3. The predicted octanol–water partition coefficient (Wildman–Crippen LogP) is 3.68. The van der Waals surface area contributed by atoms with Gasteiger partial charge in [-0.15, -0.1) is 0 Å². The van der Waals surface area contributed by atoms with Gasteiger partial charge in [0.1, 0.15) is 17.8 Å². The predicted molar refractivity (Wildman–Crippen MR) is 83.3 cm³/mol. The van der Waals surface area contributed by atoms with Crippen molar-refractivity contribution in [2.24, 2.45) is 4.99 Å². The van der Waals surface area contributed by atoms with Gasteiger partial charge < -0.3 is 8.98 Å². The molecule has 3 heterocycles. The van der Waals surface area contributed by atoms with Crippen LogP contribution in [0.1, 0.15) is 33.9 Å². The first-order valence-electron chi connectivity index (χ1n) is 7.17. The summed E-state index contributed by atoms with van der Waals surface area (Å²) >= 11 is 0. The molecule has 0 saturated carbocycles. The lowest BCUT2D eigenvalue weighted by Crippen LogP contribution is -2.29. The lowest BCUT2D eigenvalue weighted by Gasteiger charge is -2.27. The molecule has 4 rings (SSSR count). The number of nitrogens with zero attached hydrogens (tertiary/aromatic N) is 2. The smallest absolute Gasteiger partial charge is 0.188 e. The average molecular weight is 290 g/mol. The number of hydrogen-bond donors (Lipinski definition) is 0. The summed E-state index contributed by atoms with van der Waals surface area (Å²) < 4.78 is 7.47. The van der Waals surface area contributed by atoms with Gasteiger partial charge in [-0.3, -0.25) is 9.79 Å². The number of furan rings is 1. The molecule has 0 saturated heterocycles. The number of carbonyl (C=O) groups excluding carboxylic acids is 1. The molecule has 2 aromatic heterocycles. The van der Waals surface area contributed by atoms with Gasteiger partial charge in [0.15, 0.2) is 5.78 Å². The van der Waals surface area contributed by atoms with Crippen LogP contribution < -0.4 is 0 Å². The minimum atomic E-state index is -0.427. The SMILES string of the molecule is O=C(c1ccccc1)[C@@H]1[C@@H](c2ccco2)N=Cc2cccn21. The second-order valence-electron chi connectivity index (χ2n) is 5.25. The third-order valence-electron chi connectivity index (χ3n) is 3.94. The molecule has 1 aliphatic heterocycles. The van der Waals surface area contributed by atoms with Gasteiger partial charge in [0.2, 0.25) is 0 Å². The zero-order valence-corrected chi connectivity index (χ0v) is 11.8. The third kappa shape index (κ3) is 2.00. The summed E-state index contributed by atoms with van der Waals surface area (Å²) in [6.07, 6.45) is 5.32. The number of aliphatic imine (C=N–C) groups is 1. The van der Waals surface area contributed by atoms with E-state index in [-0.39, 0.29) is 11.8 Å². The van der Waals surface area contributed by atoms with Crippen molar-refractivity contribution in [1.29, 1.82) is 0 Å². The Hall–Kier alpha value is -2.88. The fraction of sp³-hybridized carbons (Fsp3) is 0.111. The van der Waals surface area contributed by atoms with Gasteiger partial charge in [-0.25, -0.2) is 0 Å². The Labute approximate surface area is 127 Å². The maximum Gasteiger partial charge on any atom is 0.188 e. The first-order valence-corrected chi connectivity index (χ1v) is 7.17. The largest absolute Gasteiger partial charge is 0.467 e. The number of carbonyl (C=O) groups is 1. The molecule has 22 heavy (non-hydrogen) atoms. The summed E-state index contributed by atoms with van der Waals surface area (Å²) in [5.74, 6) is 0.737. The van der Waals surface area contributed by atoms with Gasteiger partial charge in [0.25, 0.3) is 0 Å². The molecule has 4 heteroatoms. The van der Waals surface area contributed by atoms with E-state index < -0.39 is 6.04 Å². The zero-order chi connectivity index (χ0) is 14.9. The molecular weight excluding hydrogens is 276 g/mol. The van der Waals surface area contributed by atoms with E-state index in [1.165, 1.54) is 0 Å². The van der Waals surface area contributed by atoms with Crippen molar-refractivity contribution >= 4 is 12.0 Å². The molecule has 0 fully saturated rings. The van der Waals surface area contributed by atoms with Crippen LogP contribution in [0.5, 0.6) is 0 Å². The highest BCUT2D eigenvalue weighted by atomic mass is 16.3. The highest BCUT2D eigenvalue weighted by Gasteiger charge is 2.35. The van der Waals surface area contributed by atoms with E-state index >= 15 is 0 Å². The maximum absolute atomic E-state index is 13.0. The molecule has 108 valence electrons. The van der Waals surface area contributed by atoms with E-state index in [0.717, 1.165) is 5.69 Å². The fourth-order valence-corrected chi connectivity index (χ4v) is 2.89. The number of benzene rings is 1. The Balaban J connectivity index is 1.82. The number of Topliss-reactive ketones (excluding diaryl/α,β-unsaturated/α-hetero) is 1. The summed E-state index contributed by atoms with van der Waals surface area (Å²) in [7, 11) is 0. The van der Waals surface area contributed by atoms with Crippen LogP contribution in [0.4, 0.5) is 0 Å². The molecule has 0 spiro atoms. The van der Waals surface area contributed by atoms with Crippen LogP contribution in [0.3, 0.4) is 0 Å². The normalized spacial score (nSPS) is 19.8. The van der Waals surface area contributed by atoms with Crippen LogP contribution in [-0.4, -0.2) is 16.6 Å². The molecule has 0 N–H and O–H groups in total. The van der Waals surface area contributed by atoms with Crippen molar-refractivity contribution in [3.63, 3.8) is 0 Å². The average Bonchev–Trinajstić information content (AvgIpc) is 3.25. The Kier molecular flexibility index (Phi) is 3.00. The monoisotopic (exact) mass is 290 g/mol. The summed E-state index contributed by atoms with van der Waals surface area (Å²) in [4.78, 5) is 17.6. The molecule has 3 aromatic rings. The summed E-state index contributed by atoms with van der Waals surface area (Å²) in [5, 5.41) is 0. The van der Waals surface area contributed by atoms with Gasteiger partial charge in [-0.05, 0) is 24.3 Å². The highest BCUT2D eigenvalue weighted by molar-refractivity contribution is 6.00. The highest BCUT2D eigenvalue weighted by Crippen LogP contribution is 2.36. The Morgan fingerprint density at radius 3 is 2.68 bits per heavy atom. The van der Waals surface area contributed by atoms with Crippen LogP contribution in [0.2, 0.25) is 0 Å². The summed E-state index contributed by atoms with van der Waals surface area (Å²) in [6, 6.07) is 16.1. The van der Waals surface area contributed by atoms with Crippen molar-refractivity contribution in [2.45, 2.75) is 12.1 Å². The molecule has 4 nitrogen and oxygen atoms in total. The van der Waals surface area contributed by atoms with Gasteiger partial charge in [0.05, 0.1) is 12.0 Å². The molecule has 0 aliphatic carbocycles. The van der Waals surface area contributed by atoms with Gasteiger partial charge >= 0.3 is 0 Å². The molecule has 0 amide bonds. The summed E-state index contributed by atoms with van der Waals surface area (Å²) in [6.45, 7) is 0. The first kappa shape index (κ1) is 12.8. The molecule has 0 unspecified atom stereocenters. The van der Waals surface area contributed by atoms with Crippen molar-refractivity contribution in [1.82, 2.24) is 4.57 Å². The van der Waals surface area contributed by atoms with Crippen LogP contribution in [-0.2, 0) is 0 Å². The van der Waals surface area contributed by atoms with E-state index in [0.29, 0.717) is 11.3 Å². The molecule has 0 radical (unpaired) electrons. The van der Waals surface area contributed by atoms with Gasteiger partial charge in [-0.1, -0.05) is 30.3 Å². The zero-order valence-electron chi connectivity index (χ0n) is 11.8. The van der Waals surface area contributed by atoms with E-state index in [9.17, 15) is 4.79 Å². The summed E-state index contributed by atoms with van der Waals surface area (Å²) in [5.41, 5.74) is 1.61. The standard InChI is InChI=1S/C18H14N2O2/c21-18(13-6-2-1-3-7-13)17-16(15-9-5-11-22-15)19-12-14-8-4-10-20(14)17/h1-12,16-17H/t16-,17+/m1/s1. The fourth-order valence-electron chi connectivity index (χ4n) is 2.89. The lowest BCUT2D eigenvalue weighted by atomic mass is 9.95. The van der Waals surface area contributed by atoms with Crippen molar-refractivity contribution < 1.29 is 9.21 Å². The Morgan fingerprint density at radius 2 is 1.91 bits per heavy atom. The molecule has 1 aliphatic rings. The van der Waals surface area contributed by atoms with E-state index in [2.05, 4.69) is 4.99 Å². The number of rotatable bonds is 3. The molecule has 2 atom stereocenters. The van der Waals surface area contributed by atoms with Crippen molar-refractivity contribution in [3.05, 3.63) is 84.1 Å². The Bertz CT molecular complexity index is 816. The third-order valence-corrected chi connectivity index (χ3v) is 3.94. The van der Waals surface area contributed by atoms with Gasteiger partial charge in [-0.2, -0.15) is 0 Å². The van der Waals surface area contributed by atoms with Crippen molar-refractivity contribution in [2.75, 3.05) is 0 Å².